The highest BCUT2D eigenvalue weighted by molar-refractivity contribution is 8.04. The lowest BCUT2D eigenvalue weighted by Crippen LogP contribution is -2.52. The summed E-state index contributed by atoms with van der Waals surface area (Å²) in [7, 11) is 0. The molecule has 0 unspecified atom stereocenters. The monoisotopic (exact) mass is 429 g/mol. The summed E-state index contributed by atoms with van der Waals surface area (Å²) in [5.41, 5.74) is 1.12. The van der Waals surface area contributed by atoms with Crippen molar-refractivity contribution in [3.8, 4) is 0 Å². The van der Waals surface area contributed by atoms with Crippen LogP contribution in [0.5, 0.6) is 0 Å². The number of piperazine rings is 1. The highest BCUT2D eigenvalue weighted by Gasteiger charge is 2.29. The third-order valence-electron chi connectivity index (χ3n) is 6.27. The van der Waals surface area contributed by atoms with E-state index in [1.807, 2.05) is 24.0 Å². The number of allylic oxidation sites excluding steroid dienone is 1. The predicted octanol–water partition coefficient (Wildman–Crippen LogP) is 3.71. The molecule has 2 aliphatic heterocycles. The van der Waals surface area contributed by atoms with E-state index in [-0.39, 0.29) is 11.8 Å². The molecule has 30 heavy (non-hydrogen) atoms. The van der Waals surface area contributed by atoms with E-state index in [0.29, 0.717) is 34.6 Å². The van der Waals surface area contributed by atoms with Crippen LogP contribution in [0.15, 0.2) is 34.9 Å². The maximum absolute atomic E-state index is 13.2. The lowest BCUT2D eigenvalue weighted by Gasteiger charge is -2.40. The van der Waals surface area contributed by atoms with Crippen LogP contribution in [0.1, 0.15) is 49.4 Å². The first-order valence-electron chi connectivity index (χ1n) is 11.0. The van der Waals surface area contributed by atoms with Gasteiger partial charge in [-0.3, -0.25) is 14.5 Å². The standard InChI is InChI=1S/C23H31N3O3S/c1-17-21(30-16-15-29-17)22(27)24-20-10-6-5-9-19(20)23(28)26-13-11-25(12-14-26)18-7-3-2-4-8-18/h5-6,9-10,18H,2-4,7-8,11-16H2,1H3,(H,24,27). The van der Waals surface area contributed by atoms with E-state index in [0.717, 1.165) is 31.9 Å². The van der Waals surface area contributed by atoms with Gasteiger partial charge in [-0.2, -0.15) is 0 Å². The summed E-state index contributed by atoms with van der Waals surface area (Å²) >= 11 is 1.50. The molecule has 4 rings (SSSR count). The molecule has 7 heteroatoms. The van der Waals surface area contributed by atoms with Crippen molar-refractivity contribution in [2.24, 2.45) is 0 Å². The molecule has 2 fully saturated rings. The molecule has 6 nitrogen and oxygen atoms in total. The SMILES string of the molecule is CC1=C(C(=O)Nc2ccccc2C(=O)N2CCN(C3CCCCC3)CC2)SCCO1. The van der Waals surface area contributed by atoms with Crippen molar-refractivity contribution in [1.82, 2.24) is 9.80 Å². The van der Waals surface area contributed by atoms with E-state index < -0.39 is 0 Å². The Morgan fingerprint density at radius 1 is 1.07 bits per heavy atom. The van der Waals surface area contributed by atoms with E-state index in [1.54, 1.807) is 12.1 Å². The number of para-hydroxylation sites is 1. The van der Waals surface area contributed by atoms with Crippen LogP contribution >= 0.6 is 11.8 Å². The van der Waals surface area contributed by atoms with Crippen LogP contribution in [-0.4, -0.2) is 66.2 Å². The molecular formula is C23H31N3O3S. The van der Waals surface area contributed by atoms with Gasteiger partial charge in [0.2, 0.25) is 0 Å². The minimum Gasteiger partial charge on any atom is -0.496 e. The van der Waals surface area contributed by atoms with Gasteiger partial charge >= 0.3 is 0 Å². The van der Waals surface area contributed by atoms with E-state index >= 15 is 0 Å². The topological polar surface area (TPSA) is 61.9 Å². The van der Waals surface area contributed by atoms with Gasteiger partial charge in [0.1, 0.15) is 10.7 Å². The molecule has 1 saturated heterocycles. The molecule has 1 saturated carbocycles. The molecule has 0 atom stereocenters. The van der Waals surface area contributed by atoms with Crippen LogP contribution in [0.2, 0.25) is 0 Å². The van der Waals surface area contributed by atoms with Crippen molar-refractivity contribution >= 4 is 29.3 Å². The molecule has 1 aliphatic carbocycles. The van der Waals surface area contributed by atoms with Crippen LogP contribution in [0, 0.1) is 0 Å². The molecule has 1 aromatic rings. The van der Waals surface area contributed by atoms with Gasteiger partial charge in [-0.15, -0.1) is 11.8 Å². The Morgan fingerprint density at radius 2 is 1.80 bits per heavy atom. The van der Waals surface area contributed by atoms with Gasteiger partial charge in [-0.1, -0.05) is 31.4 Å². The molecule has 0 radical (unpaired) electrons. The minimum atomic E-state index is -0.209. The maximum Gasteiger partial charge on any atom is 0.265 e. The Hall–Kier alpha value is -1.99. The number of carbonyl (C=O) groups is 2. The fraction of sp³-hybridized carbons (Fsp3) is 0.565. The second-order valence-electron chi connectivity index (χ2n) is 8.20. The Labute approximate surface area is 183 Å². The molecule has 2 heterocycles. The normalized spacial score (nSPS) is 21.3. The molecular weight excluding hydrogens is 398 g/mol. The third kappa shape index (κ3) is 4.83. The summed E-state index contributed by atoms with van der Waals surface area (Å²) in [5.74, 6) is 1.18. The number of amides is 2. The van der Waals surface area contributed by atoms with Crippen molar-refractivity contribution in [2.45, 2.75) is 45.1 Å². The number of nitrogens with one attached hydrogen (secondary N) is 1. The summed E-state index contributed by atoms with van der Waals surface area (Å²) in [5, 5.41) is 2.94. The Kier molecular flexibility index (Phi) is 7.00. The number of anilines is 1. The van der Waals surface area contributed by atoms with Crippen molar-refractivity contribution in [1.29, 1.82) is 0 Å². The number of benzene rings is 1. The minimum absolute atomic E-state index is 0.00700. The molecule has 0 spiro atoms. The molecule has 0 aromatic heterocycles. The van der Waals surface area contributed by atoms with Gasteiger partial charge in [-0.25, -0.2) is 0 Å². The molecule has 1 N–H and O–H groups in total. The third-order valence-corrected chi connectivity index (χ3v) is 7.40. The maximum atomic E-state index is 13.2. The highest BCUT2D eigenvalue weighted by Crippen LogP contribution is 2.28. The number of rotatable bonds is 4. The van der Waals surface area contributed by atoms with Gasteiger partial charge in [0.25, 0.3) is 11.8 Å². The largest absolute Gasteiger partial charge is 0.496 e. The zero-order valence-corrected chi connectivity index (χ0v) is 18.5. The van der Waals surface area contributed by atoms with Crippen molar-refractivity contribution in [3.05, 3.63) is 40.5 Å². The Balaban J connectivity index is 1.41. The number of carbonyl (C=O) groups excluding carboxylic acids is 2. The van der Waals surface area contributed by atoms with Crippen molar-refractivity contribution in [3.63, 3.8) is 0 Å². The average molecular weight is 430 g/mol. The van der Waals surface area contributed by atoms with Crippen molar-refractivity contribution < 1.29 is 14.3 Å². The predicted molar refractivity (Wildman–Crippen MR) is 121 cm³/mol. The fourth-order valence-electron chi connectivity index (χ4n) is 4.60. The number of nitrogens with zero attached hydrogens (tertiary/aromatic N) is 2. The summed E-state index contributed by atoms with van der Waals surface area (Å²) in [6, 6.07) is 7.99. The van der Waals surface area contributed by atoms with Crippen LogP contribution in [0.4, 0.5) is 5.69 Å². The first-order chi connectivity index (χ1) is 14.6. The number of hydrogen-bond acceptors (Lipinski definition) is 5. The fourth-order valence-corrected chi connectivity index (χ4v) is 5.41. The molecule has 3 aliphatic rings. The lowest BCUT2D eigenvalue weighted by atomic mass is 9.94. The first-order valence-corrected chi connectivity index (χ1v) is 12.0. The van der Waals surface area contributed by atoms with Crippen LogP contribution in [-0.2, 0) is 9.53 Å². The van der Waals surface area contributed by atoms with Gasteiger partial charge in [0, 0.05) is 38.0 Å². The molecule has 162 valence electrons. The van der Waals surface area contributed by atoms with E-state index in [2.05, 4.69) is 10.2 Å². The second kappa shape index (κ2) is 9.88. The van der Waals surface area contributed by atoms with Crippen LogP contribution in [0.3, 0.4) is 0 Å². The van der Waals surface area contributed by atoms with E-state index in [4.69, 9.17) is 4.74 Å². The molecule has 1 aromatic carbocycles. The Bertz CT molecular complexity index is 812. The van der Waals surface area contributed by atoms with Gasteiger partial charge < -0.3 is 15.0 Å². The Morgan fingerprint density at radius 3 is 2.53 bits per heavy atom. The quantitative estimate of drug-likeness (QED) is 0.791. The number of hydrogen-bond donors (Lipinski definition) is 1. The summed E-state index contributed by atoms with van der Waals surface area (Å²) in [4.78, 5) is 31.1. The van der Waals surface area contributed by atoms with Crippen LogP contribution < -0.4 is 5.32 Å². The van der Waals surface area contributed by atoms with Gasteiger partial charge in [-0.05, 0) is 31.9 Å². The average Bonchev–Trinajstić information content (AvgIpc) is 2.80. The molecule has 0 bridgehead atoms. The molecule has 2 amide bonds. The number of ether oxygens (including phenoxy) is 1. The van der Waals surface area contributed by atoms with E-state index in [9.17, 15) is 9.59 Å². The summed E-state index contributed by atoms with van der Waals surface area (Å²) in [6.07, 6.45) is 6.60. The zero-order valence-electron chi connectivity index (χ0n) is 17.7. The first kappa shape index (κ1) is 21.2. The van der Waals surface area contributed by atoms with Gasteiger partial charge in [0.05, 0.1) is 17.9 Å². The van der Waals surface area contributed by atoms with E-state index in [1.165, 1.54) is 43.9 Å². The summed E-state index contributed by atoms with van der Waals surface area (Å²) < 4.78 is 5.50. The highest BCUT2D eigenvalue weighted by atomic mass is 32.2. The van der Waals surface area contributed by atoms with Crippen molar-refractivity contribution in [2.75, 3.05) is 43.9 Å². The summed E-state index contributed by atoms with van der Waals surface area (Å²) in [6.45, 7) is 5.78. The second-order valence-corrected chi connectivity index (χ2v) is 9.31. The van der Waals surface area contributed by atoms with Gasteiger partial charge in [0.15, 0.2) is 0 Å². The zero-order chi connectivity index (χ0) is 20.9. The smallest absolute Gasteiger partial charge is 0.265 e. The van der Waals surface area contributed by atoms with Crippen LogP contribution in [0.25, 0.3) is 0 Å². The number of thioether (sulfide) groups is 1. The lowest BCUT2D eigenvalue weighted by molar-refractivity contribution is -0.112.